The molecule has 3 nitrogen and oxygen atoms in total. The second-order valence-corrected chi connectivity index (χ2v) is 17.0. The van der Waals surface area contributed by atoms with E-state index in [1.54, 1.807) is 0 Å². The van der Waals surface area contributed by atoms with E-state index >= 15 is 0 Å². The molecule has 13 rings (SSSR count). The van der Waals surface area contributed by atoms with E-state index in [1.165, 1.54) is 59.6 Å². The summed E-state index contributed by atoms with van der Waals surface area (Å²) in [6.07, 6.45) is 0. The van der Waals surface area contributed by atoms with Crippen LogP contribution in [0.5, 0.6) is 0 Å². The summed E-state index contributed by atoms with van der Waals surface area (Å²) in [4.78, 5) is 6.26. The Hall–Kier alpha value is -7.66. The Morgan fingerprint density at radius 3 is 1.59 bits per heavy atom. The van der Waals surface area contributed by atoms with Gasteiger partial charge in [-0.3, -0.25) is 0 Å². The van der Waals surface area contributed by atoms with Crippen LogP contribution >= 0.6 is 11.3 Å². The fourth-order valence-electron chi connectivity index (χ4n) is 10.5. The molecule has 1 spiro atoms. The van der Waals surface area contributed by atoms with Crippen LogP contribution in [-0.4, -0.2) is 0 Å². The summed E-state index contributed by atoms with van der Waals surface area (Å²) >= 11 is 1.95. The number of hydrogen-bond acceptors (Lipinski definition) is 4. The molecule has 0 bridgehead atoms. The largest absolute Gasteiger partial charge is 0.456 e. The van der Waals surface area contributed by atoms with Crippen molar-refractivity contribution in [3.05, 3.63) is 240 Å². The molecule has 2 heterocycles. The average molecular weight is 797 g/mol. The van der Waals surface area contributed by atoms with Crippen LogP contribution in [0.1, 0.15) is 21.6 Å². The molecule has 0 amide bonds. The summed E-state index contributed by atoms with van der Waals surface area (Å²) in [5, 5.41) is 3.51. The number of furan rings is 1. The topological polar surface area (TPSA) is 19.6 Å². The number of para-hydroxylation sites is 4. The molecule has 2 aromatic heterocycles. The highest BCUT2D eigenvalue weighted by atomic mass is 32.1. The predicted molar refractivity (Wildman–Crippen MR) is 255 cm³/mol. The van der Waals surface area contributed by atoms with E-state index in [0.717, 1.165) is 50.4 Å². The molecule has 0 aliphatic heterocycles. The normalized spacial score (nSPS) is 14.6. The van der Waals surface area contributed by atoms with Gasteiger partial charge in [0.1, 0.15) is 11.2 Å². The van der Waals surface area contributed by atoms with Gasteiger partial charge in [-0.15, -0.1) is 11.3 Å². The fourth-order valence-corrected chi connectivity index (χ4v) is 11.9. The molecule has 0 N–H and O–H groups in total. The number of anilines is 6. The molecule has 0 saturated carbocycles. The van der Waals surface area contributed by atoms with Crippen molar-refractivity contribution in [2.24, 2.45) is 0 Å². The number of thiophene rings is 1. The van der Waals surface area contributed by atoms with Crippen molar-refractivity contribution in [2.75, 3.05) is 9.80 Å². The van der Waals surface area contributed by atoms with Crippen LogP contribution in [0.4, 0.5) is 34.1 Å². The third-order valence-electron chi connectivity index (χ3n) is 12.8. The van der Waals surface area contributed by atoms with Crippen molar-refractivity contribution in [3.63, 3.8) is 0 Å². The molecule has 4 heteroatoms. The van der Waals surface area contributed by atoms with E-state index in [1.807, 2.05) is 17.4 Å². The molecular weight excluding hydrogens is 761 g/mol. The number of fused-ring (bicyclic) bond motifs is 15. The van der Waals surface area contributed by atoms with Gasteiger partial charge in [0.15, 0.2) is 0 Å². The van der Waals surface area contributed by atoms with Gasteiger partial charge in [-0.25, -0.2) is 0 Å². The van der Waals surface area contributed by atoms with Gasteiger partial charge >= 0.3 is 0 Å². The summed E-state index contributed by atoms with van der Waals surface area (Å²) in [5.41, 5.74) is 17.0. The van der Waals surface area contributed by atoms with E-state index in [-0.39, 0.29) is 0 Å². The number of hydrogen-bond donors (Lipinski definition) is 0. The lowest BCUT2D eigenvalue weighted by molar-refractivity contribution is 0.669. The average Bonchev–Trinajstić information content (AvgIpc) is 4.05. The minimum absolute atomic E-state index is 0.557. The number of rotatable bonds is 6. The maximum absolute atomic E-state index is 6.34. The van der Waals surface area contributed by atoms with Crippen molar-refractivity contribution in [1.29, 1.82) is 0 Å². The van der Waals surface area contributed by atoms with Crippen molar-refractivity contribution < 1.29 is 4.42 Å². The lowest BCUT2D eigenvalue weighted by atomic mass is 9.73. The van der Waals surface area contributed by atoms with Crippen LogP contribution in [0.3, 0.4) is 0 Å². The zero-order valence-corrected chi connectivity index (χ0v) is 33.8. The van der Waals surface area contributed by atoms with Gasteiger partial charge < -0.3 is 14.2 Å². The smallest absolute Gasteiger partial charge is 0.135 e. The van der Waals surface area contributed by atoms with Crippen LogP contribution in [0.15, 0.2) is 223 Å². The van der Waals surface area contributed by atoms with Gasteiger partial charge in [0.25, 0.3) is 0 Å². The molecule has 61 heavy (non-hydrogen) atoms. The highest BCUT2D eigenvalue weighted by molar-refractivity contribution is 7.20. The Labute approximate surface area is 357 Å². The molecule has 2 aliphatic carbocycles. The summed E-state index contributed by atoms with van der Waals surface area (Å²) in [6.45, 7) is 0. The van der Waals surface area contributed by atoms with Gasteiger partial charge in [-0.05, 0) is 101 Å². The molecule has 9 aromatic carbocycles. The standard InChI is InChI=1S/C57H36N2OS/c1-4-18-37(19-5-1)58(38-20-6-2-7-21-38)49-31-17-29-47-55(49)54-43-26-12-15-33-52(43)61-56(54)57(47)45-27-13-10-25-42(45)53-46(57)28-16-30-48(53)59(39-22-8-3-9-23-39)40-34-35-51-44(36-40)41-24-11-14-32-50(41)60-51/h1-36H. The third-order valence-corrected chi connectivity index (χ3v) is 14.1. The highest BCUT2D eigenvalue weighted by Gasteiger charge is 2.55. The molecule has 0 saturated heterocycles. The molecule has 1 unspecified atom stereocenters. The van der Waals surface area contributed by atoms with Crippen LogP contribution in [-0.2, 0) is 5.41 Å². The number of benzene rings is 9. The van der Waals surface area contributed by atoms with Gasteiger partial charge in [-0.2, -0.15) is 0 Å². The fraction of sp³-hybridized carbons (Fsp3) is 0.0175. The lowest BCUT2D eigenvalue weighted by Crippen LogP contribution is -2.25. The zero-order chi connectivity index (χ0) is 40.1. The van der Waals surface area contributed by atoms with Crippen molar-refractivity contribution in [3.8, 4) is 22.3 Å². The van der Waals surface area contributed by atoms with Crippen LogP contribution in [0, 0.1) is 0 Å². The summed E-state index contributed by atoms with van der Waals surface area (Å²) in [5.74, 6) is 0. The minimum Gasteiger partial charge on any atom is -0.456 e. The first-order valence-electron chi connectivity index (χ1n) is 20.8. The SMILES string of the molecule is c1ccc(N(c2ccc3oc4ccccc4c3c2)c2cccc3c2-c2ccccc2C32c3cccc(N(c4ccccc4)c4ccccc4)c3-c3c2sc2ccccc32)cc1. The maximum Gasteiger partial charge on any atom is 0.135 e. The van der Waals surface area contributed by atoms with E-state index in [9.17, 15) is 0 Å². The molecule has 0 radical (unpaired) electrons. The van der Waals surface area contributed by atoms with Gasteiger partial charge in [0.2, 0.25) is 0 Å². The summed E-state index contributed by atoms with van der Waals surface area (Å²) in [6, 6.07) is 79.5. The second kappa shape index (κ2) is 13.2. The van der Waals surface area contributed by atoms with Gasteiger partial charge in [-0.1, -0.05) is 140 Å². The molecular formula is C57H36N2OS. The van der Waals surface area contributed by atoms with E-state index in [0.29, 0.717) is 0 Å². The minimum atomic E-state index is -0.557. The third kappa shape index (κ3) is 4.79. The Morgan fingerprint density at radius 1 is 0.361 bits per heavy atom. The maximum atomic E-state index is 6.34. The monoisotopic (exact) mass is 796 g/mol. The molecule has 1 atom stereocenters. The second-order valence-electron chi connectivity index (χ2n) is 16.0. The Bertz CT molecular complexity index is 3460. The Morgan fingerprint density at radius 2 is 0.885 bits per heavy atom. The molecule has 286 valence electrons. The lowest BCUT2D eigenvalue weighted by Gasteiger charge is -2.32. The van der Waals surface area contributed by atoms with Crippen molar-refractivity contribution in [1.82, 2.24) is 0 Å². The van der Waals surface area contributed by atoms with E-state index < -0.39 is 5.41 Å². The Kier molecular flexibility index (Phi) is 7.39. The van der Waals surface area contributed by atoms with Crippen LogP contribution in [0.2, 0.25) is 0 Å². The quantitative estimate of drug-likeness (QED) is 0.167. The highest BCUT2D eigenvalue weighted by Crippen LogP contribution is 2.69. The molecule has 0 fully saturated rings. The summed E-state index contributed by atoms with van der Waals surface area (Å²) in [7, 11) is 0. The first-order chi connectivity index (χ1) is 30.3. The predicted octanol–water partition coefficient (Wildman–Crippen LogP) is 16.1. The van der Waals surface area contributed by atoms with Gasteiger partial charge in [0.05, 0.1) is 16.8 Å². The summed E-state index contributed by atoms with van der Waals surface area (Å²) < 4.78 is 7.63. The van der Waals surface area contributed by atoms with E-state index in [4.69, 9.17) is 4.42 Å². The zero-order valence-electron chi connectivity index (χ0n) is 33.0. The van der Waals surface area contributed by atoms with Crippen molar-refractivity contribution in [2.45, 2.75) is 5.41 Å². The van der Waals surface area contributed by atoms with Gasteiger partial charge in [0, 0.05) is 65.2 Å². The Balaban J connectivity index is 1.13. The van der Waals surface area contributed by atoms with Crippen LogP contribution in [0.25, 0.3) is 54.3 Å². The van der Waals surface area contributed by atoms with Crippen LogP contribution < -0.4 is 9.80 Å². The van der Waals surface area contributed by atoms with Crippen molar-refractivity contribution >= 4 is 77.5 Å². The first kappa shape index (κ1) is 34.2. The van der Waals surface area contributed by atoms with E-state index in [2.05, 4.69) is 222 Å². The molecule has 2 aliphatic rings. The first-order valence-corrected chi connectivity index (χ1v) is 21.7. The molecule has 11 aromatic rings. The number of nitrogens with zero attached hydrogens (tertiary/aromatic N) is 2.